The number of thioether (sulfide) groups is 1. The third-order valence-corrected chi connectivity index (χ3v) is 6.48. The van der Waals surface area contributed by atoms with Crippen molar-refractivity contribution >= 4 is 28.7 Å². The van der Waals surface area contributed by atoms with Crippen molar-refractivity contribution in [2.45, 2.75) is 44.3 Å². The van der Waals surface area contributed by atoms with Gasteiger partial charge in [0.05, 0.1) is 17.6 Å². The number of carbonyl (C=O) groups excluding carboxylic acids is 1. The van der Waals surface area contributed by atoms with E-state index in [0.29, 0.717) is 13.2 Å². The number of ether oxygens (including phenoxy) is 1. The Kier molecular flexibility index (Phi) is 6.95. The fourth-order valence-electron chi connectivity index (χ4n) is 3.87. The van der Waals surface area contributed by atoms with Crippen molar-refractivity contribution in [1.82, 2.24) is 14.5 Å². The lowest BCUT2D eigenvalue weighted by Crippen LogP contribution is -2.34. The van der Waals surface area contributed by atoms with Gasteiger partial charge in [-0.15, -0.1) is 0 Å². The van der Waals surface area contributed by atoms with Crippen molar-refractivity contribution in [2.75, 3.05) is 25.4 Å². The molecule has 1 saturated heterocycles. The number of aromatic nitrogens is 2. The van der Waals surface area contributed by atoms with Crippen LogP contribution in [0.3, 0.4) is 0 Å². The van der Waals surface area contributed by atoms with E-state index in [2.05, 4.69) is 17.6 Å². The summed E-state index contributed by atoms with van der Waals surface area (Å²) in [7, 11) is 0. The normalized spacial score (nSPS) is 14.6. The van der Waals surface area contributed by atoms with Crippen molar-refractivity contribution in [2.24, 2.45) is 0 Å². The molecule has 0 aliphatic carbocycles. The summed E-state index contributed by atoms with van der Waals surface area (Å²) in [6.45, 7) is 4.74. The third-order valence-electron chi connectivity index (χ3n) is 5.54. The number of nitrogens with zero attached hydrogens (tertiary/aromatic N) is 3. The van der Waals surface area contributed by atoms with Gasteiger partial charge in [0.25, 0.3) is 0 Å². The minimum absolute atomic E-state index is 0.193. The SMILES string of the molecule is Cc1ccccc1OCCSc1nc2ccccc2n1CC(=O)N1CCCCCC1. The molecule has 0 unspecified atom stereocenters. The van der Waals surface area contributed by atoms with Crippen molar-refractivity contribution in [3.8, 4) is 5.75 Å². The second-order valence-electron chi connectivity index (χ2n) is 7.73. The van der Waals surface area contributed by atoms with Gasteiger partial charge in [0.2, 0.25) is 5.91 Å². The summed E-state index contributed by atoms with van der Waals surface area (Å²) in [4.78, 5) is 19.8. The van der Waals surface area contributed by atoms with Crippen LogP contribution in [0.4, 0.5) is 0 Å². The molecule has 0 spiro atoms. The zero-order chi connectivity index (χ0) is 20.8. The highest BCUT2D eigenvalue weighted by molar-refractivity contribution is 7.99. The highest BCUT2D eigenvalue weighted by atomic mass is 32.2. The molecule has 4 rings (SSSR count). The Morgan fingerprint density at radius 2 is 1.77 bits per heavy atom. The summed E-state index contributed by atoms with van der Waals surface area (Å²) in [5.41, 5.74) is 3.09. The minimum atomic E-state index is 0.193. The van der Waals surface area contributed by atoms with Crippen molar-refractivity contribution in [3.63, 3.8) is 0 Å². The van der Waals surface area contributed by atoms with Gasteiger partial charge in [-0.2, -0.15) is 0 Å². The van der Waals surface area contributed by atoms with Gasteiger partial charge >= 0.3 is 0 Å². The molecule has 0 saturated carbocycles. The number of benzene rings is 2. The van der Waals surface area contributed by atoms with E-state index in [9.17, 15) is 4.79 Å². The number of fused-ring (bicyclic) bond motifs is 1. The molecule has 3 aromatic rings. The molecular weight excluding hydrogens is 394 g/mol. The zero-order valence-corrected chi connectivity index (χ0v) is 18.4. The minimum Gasteiger partial charge on any atom is -0.492 e. The molecule has 0 N–H and O–H groups in total. The van der Waals surface area contributed by atoms with Gasteiger partial charge in [-0.05, 0) is 43.5 Å². The summed E-state index contributed by atoms with van der Waals surface area (Å²) in [6, 6.07) is 16.1. The number of amides is 1. The van der Waals surface area contributed by atoms with E-state index in [1.807, 2.05) is 47.4 Å². The van der Waals surface area contributed by atoms with E-state index in [4.69, 9.17) is 9.72 Å². The van der Waals surface area contributed by atoms with Gasteiger partial charge in [0.1, 0.15) is 12.3 Å². The van der Waals surface area contributed by atoms with Gasteiger partial charge in [-0.25, -0.2) is 4.98 Å². The van der Waals surface area contributed by atoms with E-state index in [1.165, 1.54) is 12.8 Å². The van der Waals surface area contributed by atoms with Crippen LogP contribution in [-0.2, 0) is 11.3 Å². The molecule has 6 heteroatoms. The Hall–Kier alpha value is -2.47. The fraction of sp³-hybridized carbons (Fsp3) is 0.417. The maximum atomic E-state index is 13.0. The van der Waals surface area contributed by atoms with E-state index in [0.717, 1.165) is 59.2 Å². The Bertz CT molecular complexity index is 993. The van der Waals surface area contributed by atoms with Gasteiger partial charge in [-0.3, -0.25) is 4.79 Å². The molecule has 0 radical (unpaired) electrons. The summed E-state index contributed by atoms with van der Waals surface area (Å²) in [6.07, 6.45) is 4.65. The maximum Gasteiger partial charge on any atom is 0.242 e. The fourth-order valence-corrected chi connectivity index (χ4v) is 4.71. The molecule has 1 amide bonds. The Balaban J connectivity index is 1.44. The molecule has 2 heterocycles. The predicted octanol–water partition coefficient (Wildman–Crippen LogP) is 4.92. The van der Waals surface area contributed by atoms with Crippen LogP contribution in [0.15, 0.2) is 53.7 Å². The molecule has 1 fully saturated rings. The molecule has 5 nitrogen and oxygen atoms in total. The number of hydrogen-bond acceptors (Lipinski definition) is 4. The number of likely N-dealkylation sites (tertiary alicyclic amines) is 1. The molecule has 1 aliphatic heterocycles. The number of aryl methyl sites for hydroxylation is 1. The van der Waals surface area contributed by atoms with Crippen LogP contribution in [0, 0.1) is 6.92 Å². The lowest BCUT2D eigenvalue weighted by Gasteiger charge is -2.21. The predicted molar refractivity (Wildman–Crippen MR) is 122 cm³/mol. The molecular formula is C24H29N3O2S. The number of carbonyl (C=O) groups is 1. The average Bonchev–Trinajstić information content (AvgIpc) is 2.93. The van der Waals surface area contributed by atoms with E-state index >= 15 is 0 Å². The van der Waals surface area contributed by atoms with Gasteiger partial charge in [-0.1, -0.05) is 54.9 Å². The summed E-state index contributed by atoms with van der Waals surface area (Å²) in [5.74, 6) is 1.89. The summed E-state index contributed by atoms with van der Waals surface area (Å²) < 4.78 is 8.00. The van der Waals surface area contributed by atoms with Gasteiger partial charge in [0, 0.05) is 18.8 Å². The molecule has 158 valence electrons. The quantitative estimate of drug-likeness (QED) is 0.400. The van der Waals surface area contributed by atoms with Crippen molar-refractivity contribution in [1.29, 1.82) is 0 Å². The Morgan fingerprint density at radius 3 is 2.57 bits per heavy atom. The first-order valence-electron chi connectivity index (χ1n) is 10.8. The molecule has 30 heavy (non-hydrogen) atoms. The first kappa shape index (κ1) is 20.8. The maximum absolute atomic E-state index is 13.0. The van der Waals surface area contributed by atoms with Crippen LogP contribution in [0.2, 0.25) is 0 Å². The second kappa shape index (κ2) is 10.0. The standard InChI is InChI=1S/C24H29N3O2S/c1-19-10-4-7-13-22(19)29-16-17-30-24-25-20-11-5-6-12-21(20)27(24)18-23(28)26-14-8-2-3-9-15-26/h4-7,10-13H,2-3,8-9,14-18H2,1H3. The number of imidazole rings is 1. The highest BCUT2D eigenvalue weighted by Crippen LogP contribution is 2.25. The number of hydrogen-bond donors (Lipinski definition) is 0. The monoisotopic (exact) mass is 423 g/mol. The van der Waals surface area contributed by atoms with Crippen molar-refractivity contribution < 1.29 is 9.53 Å². The largest absolute Gasteiger partial charge is 0.492 e. The molecule has 2 aromatic carbocycles. The number of rotatable bonds is 7. The lowest BCUT2D eigenvalue weighted by molar-refractivity contribution is -0.131. The number of para-hydroxylation sites is 3. The van der Waals surface area contributed by atoms with Crippen LogP contribution in [0.5, 0.6) is 5.75 Å². The van der Waals surface area contributed by atoms with Crippen LogP contribution in [0.25, 0.3) is 11.0 Å². The van der Waals surface area contributed by atoms with Gasteiger partial charge < -0.3 is 14.2 Å². The van der Waals surface area contributed by atoms with Crippen LogP contribution in [0.1, 0.15) is 31.2 Å². The Labute approximate surface area is 182 Å². The van der Waals surface area contributed by atoms with Gasteiger partial charge in [0.15, 0.2) is 5.16 Å². The molecule has 0 atom stereocenters. The highest BCUT2D eigenvalue weighted by Gasteiger charge is 2.19. The lowest BCUT2D eigenvalue weighted by atomic mass is 10.2. The van der Waals surface area contributed by atoms with Crippen LogP contribution < -0.4 is 4.74 Å². The first-order chi connectivity index (χ1) is 14.7. The molecule has 1 aromatic heterocycles. The molecule has 1 aliphatic rings. The average molecular weight is 424 g/mol. The van der Waals surface area contributed by atoms with E-state index in [1.54, 1.807) is 11.8 Å². The molecule has 0 bridgehead atoms. The summed E-state index contributed by atoms with van der Waals surface area (Å²) >= 11 is 1.65. The first-order valence-corrected chi connectivity index (χ1v) is 11.8. The van der Waals surface area contributed by atoms with Crippen LogP contribution >= 0.6 is 11.8 Å². The third kappa shape index (κ3) is 4.98. The zero-order valence-electron chi connectivity index (χ0n) is 17.5. The smallest absolute Gasteiger partial charge is 0.242 e. The van der Waals surface area contributed by atoms with Crippen LogP contribution in [-0.4, -0.2) is 45.8 Å². The topological polar surface area (TPSA) is 47.4 Å². The Morgan fingerprint density at radius 1 is 1.03 bits per heavy atom. The van der Waals surface area contributed by atoms with E-state index in [-0.39, 0.29) is 5.91 Å². The second-order valence-corrected chi connectivity index (χ2v) is 8.79. The van der Waals surface area contributed by atoms with Crippen molar-refractivity contribution in [3.05, 3.63) is 54.1 Å². The summed E-state index contributed by atoms with van der Waals surface area (Å²) in [5, 5.41) is 0.882. The van der Waals surface area contributed by atoms with E-state index < -0.39 is 0 Å².